The fourth-order valence-corrected chi connectivity index (χ4v) is 2.60. The summed E-state index contributed by atoms with van der Waals surface area (Å²) in [7, 11) is 0. The molecule has 1 aromatic carbocycles. The van der Waals surface area contributed by atoms with Crippen LogP contribution in [0.1, 0.15) is 33.1 Å². The molecule has 1 fully saturated rings. The zero-order valence-electron chi connectivity index (χ0n) is 11.4. The van der Waals surface area contributed by atoms with Gasteiger partial charge in [0.1, 0.15) is 5.69 Å². The molecule has 0 bridgehead atoms. The molecule has 1 aromatic rings. The average Bonchev–Trinajstić information content (AvgIpc) is 2.49. The first-order valence-electron chi connectivity index (χ1n) is 6.58. The van der Waals surface area contributed by atoms with Crippen LogP contribution in [-0.2, 0) is 0 Å². The van der Waals surface area contributed by atoms with Crippen molar-refractivity contribution < 1.29 is 9.31 Å². The molecule has 0 aromatic heterocycles. The van der Waals surface area contributed by atoms with Crippen LogP contribution in [0.25, 0.3) is 0 Å². The molecule has 19 heavy (non-hydrogen) atoms. The summed E-state index contributed by atoms with van der Waals surface area (Å²) in [6, 6.07) is 4.32. The van der Waals surface area contributed by atoms with Crippen molar-refractivity contribution in [3.05, 3.63) is 34.1 Å². The van der Waals surface area contributed by atoms with Crippen molar-refractivity contribution in [1.82, 2.24) is 0 Å². The Morgan fingerprint density at radius 1 is 1.32 bits per heavy atom. The van der Waals surface area contributed by atoms with Gasteiger partial charge in [0.2, 0.25) is 5.82 Å². The van der Waals surface area contributed by atoms with Crippen molar-refractivity contribution >= 4 is 11.4 Å². The summed E-state index contributed by atoms with van der Waals surface area (Å²) in [5, 5.41) is 11.0. The number of anilines is 1. The zero-order chi connectivity index (χ0) is 14.0. The minimum absolute atomic E-state index is 0.247. The molecule has 0 N–H and O–H groups in total. The van der Waals surface area contributed by atoms with E-state index >= 15 is 0 Å². The van der Waals surface area contributed by atoms with Gasteiger partial charge >= 0.3 is 5.69 Å². The first-order valence-corrected chi connectivity index (χ1v) is 6.58. The number of nitrogens with zero attached hydrogens (tertiary/aromatic N) is 2. The Morgan fingerprint density at radius 3 is 2.74 bits per heavy atom. The van der Waals surface area contributed by atoms with Crippen LogP contribution >= 0.6 is 0 Å². The summed E-state index contributed by atoms with van der Waals surface area (Å²) in [6.45, 7) is 5.89. The minimum atomic E-state index is -0.758. The molecule has 0 atom stereocenters. The van der Waals surface area contributed by atoms with E-state index in [1.165, 1.54) is 6.07 Å². The van der Waals surface area contributed by atoms with Crippen LogP contribution in [0.5, 0.6) is 0 Å². The molecule has 0 spiro atoms. The van der Waals surface area contributed by atoms with Crippen molar-refractivity contribution in [3.8, 4) is 0 Å². The second-order valence-corrected chi connectivity index (χ2v) is 5.87. The number of para-hydroxylation sites is 1. The van der Waals surface area contributed by atoms with Crippen LogP contribution in [0, 0.1) is 21.3 Å². The molecule has 1 aliphatic heterocycles. The fraction of sp³-hybridized carbons (Fsp3) is 0.571. The number of hydrogen-bond donors (Lipinski definition) is 0. The van der Waals surface area contributed by atoms with Gasteiger partial charge in [-0.2, -0.15) is 4.39 Å². The quantitative estimate of drug-likeness (QED) is 0.605. The third-order valence-electron chi connectivity index (χ3n) is 3.83. The van der Waals surface area contributed by atoms with Crippen molar-refractivity contribution in [2.24, 2.45) is 5.41 Å². The van der Waals surface area contributed by atoms with Gasteiger partial charge in [-0.15, -0.1) is 0 Å². The molecule has 0 amide bonds. The molecule has 1 aliphatic rings. The predicted molar refractivity (Wildman–Crippen MR) is 72.9 cm³/mol. The highest BCUT2D eigenvalue weighted by molar-refractivity contribution is 5.63. The number of nitro groups is 1. The number of hydrogen-bond acceptors (Lipinski definition) is 3. The van der Waals surface area contributed by atoms with E-state index in [4.69, 9.17) is 0 Å². The topological polar surface area (TPSA) is 46.4 Å². The molecule has 4 nitrogen and oxygen atoms in total. The van der Waals surface area contributed by atoms with Crippen LogP contribution in [0.15, 0.2) is 18.2 Å². The van der Waals surface area contributed by atoms with E-state index in [1.807, 2.05) is 4.90 Å². The Morgan fingerprint density at radius 2 is 2.05 bits per heavy atom. The van der Waals surface area contributed by atoms with E-state index in [-0.39, 0.29) is 5.41 Å². The van der Waals surface area contributed by atoms with Crippen molar-refractivity contribution in [1.29, 1.82) is 0 Å². The molecule has 1 heterocycles. The second-order valence-electron chi connectivity index (χ2n) is 5.87. The summed E-state index contributed by atoms with van der Waals surface area (Å²) in [5.74, 6) is -0.758. The summed E-state index contributed by atoms with van der Waals surface area (Å²) in [6.07, 6.45) is 3.02. The molecule has 104 valence electrons. The van der Waals surface area contributed by atoms with Crippen LogP contribution in [-0.4, -0.2) is 18.0 Å². The zero-order valence-corrected chi connectivity index (χ0v) is 11.4. The van der Waals surface area contributed by atoms with Crippen LogP contribution in [0.4, 0.5) is 15.8 Å². The number of nitro benzene ring substituents is 1. The lowest BCUT2D eigenvalue weighted by molar-refractivity contribution is -0.386. The van der Waals surface area contributed by atoms with E-state index in [0.717, 1.165) is 38.4 Å². The van der Waals surface area contributed by atoms with Gasteiger partial charge in [0, 0.05) is 13.1 Å². The van der Waals surface area contributed by atoms with Gasteiger partial charge in [0.25, 0.3) is 0 Å². The lowest BCUT2D eigenvalue weighted by Gasteiger charge is -2.24. The lowest BCUT2D eigenvalue weighted by Crippen LogP contribution is -2.26. The first kappa shape index (κ1) is 13.8. The van der Waals surface area contributed by atoms with Gasteiger partial charge in [0.15, 0.2) is 0 Å². The van der Waals surface area contributed by atoms with Crippen molar-refractivity contribution in [2.45, 2.75) is 33.1 Å². The molecule has 0 aliphatic carbocycles. The van der Waals surface area contributed by atoms with Gasteiger partial charge in [-0.05, 0) is 36.8 Å². The highest BCUT2D eigenvalue weighted by Crippen LogP contribution is 2.36. The van der Waals surface area contributed by atoms with E-state index < -0.39 is 16.4 Å². The van der Waals surface area contributed by atoms with Crippen molar-refractivity contribution in [3.63, 3.8) is 0 Å². The minimum Gasteiger partial charge on any atom is -0.366 e. The third kappa shape index (κ3) is 3.03. The van der Waals surface area contributed by atoms with E-state index in [1.54, 1.807) is 6.07 Å². The SMILES string of the molecule is CC1(C)CCCN(c2cccc(F)c2[N+](=O)[O-])CC1. The summed E-state index contributed by atoms with van der Waals surface area (Å²) >= 11 is 0. The van der Waals surface area contributed by atoms with Crippen LogP contribution in [0.2, 0.25) is 0 Å². The smallest absolute Gasteiger partial charge is 0.327 e. The standard InChI is InChI=1S/C14H19FN2O2/c1-14(2)7-4-9-16(10-8-14)12-6-3-5-11(15)13(12)17(18)19/h3,5-6H,4,7-10H2,1-2H3. The third-order valence-corrected chi connectivity index (χ3v) is 3.83. The maximum atomic E-state index is 13.6. The normalized spacial score (nSPS) is 19.0. The van der Waals surface area contributed by atoms with Gasteiger partial charge in [-0.1, -0.05) is 19.9 Å². The predicted octanol–water partition coefficient (Wildman–Crippen LogP) is 3.75. The Kier molecular flexibility index (Phi) is 3.73. The fourth-order valence-electron chi connectivity index (χ4n) is 2.60. The molecule has 0 radical (unpaired) electrons. The average molecular weight is 266 g/mol. The van der Waals surface area contributed by atoms with E-state index in [0.29, 0.717) is 5.69 Å². The summed E-state index contributed by atoms with van der Waals surface area (Å²) in [4.78, 5) is 12.4. The largest absolute Gasteiger partial charge is 0.366 e. The highest BCUT2D eigenvalue weighted by atomic mass is 19.1. The number of rotatable bonds is 2. The Bertz CT molecular complexity index is 488. The Balaban J connectivity index is 2.32. The van der Waals surface area contributed by atoms with Crippen LogP contribution < -0.4 is 4.90 Å². The van der Waals surface area contributed by atoms with Gasteiger partial charge < -0.3 is 4.90 Å². The molecule has 0 saturated carbocycles. The molecular weight excluding hydrogens is 247 g/mol. The van der Waals surface area contributed by atoms with E-state index in [9.17, 15) is 14.5 Å². The second kappa shape index (κ2) is 5.15. The lowest BCUT2D eigenvalue weighted by atomic mass is 9.85. The Labute approximate surface area is 112 Å². The highest BCUT2D eigenvalue weighted by Gasteiger charge is 2.28. The molecule has 1 saturated heterocycles. The van der Waals surface area contributed by atoms with Crippen molar-refractivity contribution in [2.75, 3.05) is 18.0 Å². The molecule has 5 heteroatoms. The Hall–Kier alpha value is -1.65. The summed E-state index contributed by atoms with van der Waals surface area (Å²) in [5.41, 5.74) is 0.251. The van der Waals surface area contributed by atoms with Crippen LogP contribution in [0.3, 0.4) is 0 Å². The molecule has 0 unspecified atom stereocenters. The molecule has 2 rings (SSSR count). The summed E-state index contributed by atoms with van der Waals surface area (Å²) < 4.78 is 13.6. The van der Waals surface area contributed by atoms with Gasteiger partial charge in [-0.25, -0.2) is 0 Å². The monoisotopic (exact) mass is 266 g/mol. The number of benzene rings is 1. The number of halogens is 1. The first-order chi connectivity index (χ1) is 8.91. The van der Waals surface area contributed by atoms with Gasteiger partial charge in [-0.3, -0.25) is 10.1 Å². The van der Waals surface area contributed by atoms with E-state index in [2.05, 4.69) is 13.8 Å². The maximum Gasteiger partial charge on any atom is 0.327 e. The van der Waals surface area contributed by atoms with Gasteiger partial charge in [0.05, 0.1) is 4.92 Å². The molecular formula is C14H19FN2O2. The maximum absolute atomic E-state index is 13.6.